The molecule has 40 heavy (non-hydrogen) atoms. The van der Waals surface area contributed by atoms with Crippen molar-refractivity contribution in [2.45, 2.75) is 152 Å². The lowest BCUT2D eigenvalue weighted by molar-refractivity contribution is -0.327. The molecule has 1 fully saturated rings. The van der Waals surface area contributed by atoms with Gasteiger partial charge in [-0.2, -0.15) is 0 Å². The third-order valence-electron chi connectivity index (χ3n) is 7.37. The van der Waals surface area contributed by atoms with Crippen LogP contribution in [0.3, 0.4) is 0 Å². The Morgan fingerprint density at radius 1 is 0.750 bits per heavy atom. The van der Waals surface area contributed by atoms with Crippen LogP contribution in [0.15, 0.2) is 0 Å². The lowest BCUT2D eigenvalue weighted by atomic mass is 9.98. The largest absolute Gasteiger partial charge is 0.457 e. The zero-order valence-electron chi connectivity index (χ0n) is 23.9. The number of ether oxygens (including phenoxy) is 3. The second-order valence-electron chi connectivity index (χ2n) is 10.7. The Morgan fingerprint density at radius 3 is 1.75 bits per heavy atom. The Morgan fingerprint density at radius 2 is 1.27 bits per heavy atom. The maximum absolute atomic E-state index is 12.5. The average molecular weight is 583 g/mol. The van der Waals surface area contributed by atoms with Crippen molar-refractivity contribution in [3.8, 4) is 0 Å². The Kier molecular flexibility index (Phi) is 20.1. The highest BCUT2D eigenvalue weighted by Crippen LogP contribution is 2.26. The normalized spacial score (nSPS) is 26.3. The Balaban J connectivity index is 2.50. The van der Waals surface area contributed by atoms with E-state index >= 15 is 0 Å². The Labute approximate surface area is 237 Å². The first kappa shape index (κ1) is 37.1. The zero-order chi connectivity index (χ0) is 29.9. The van der Waals surface area contributed by atoms with Crippen LogP contribution in [0.5, 0.6) is 0 Å². The molecule has 0 amide bonds. The standard InChI is InChI=1S/C28H54O12/c1-2-3-4-5-6-7-8-9-10-11-12-13-14-15-22(33)38-21(18-31)27(23(34)19(32)16-29)40-28-26(37)25(36)24(35)20(17-30)39-28/h19-21,23-32,34-37H,2-18H2,1H3/t19-,20+,21+,23+,24+,25-,26+,27+,28+/m0/s1. The van der Waals surface area contributed by atoms with Crippen molar-refractivity contribution in [3.63, 3.8) is 0 Å². The van der Waals surface area contributed by atoms with Gasteiger partial charge in [0.1, 0.15) is 42.7 Å². The summed E-state index contributed by atoms with van der Waals surface area (Å²) < 4.78 is 16.1. The van der Waals surface area contributed by atoms with Crippen molar-refractivity contribution in [1.82, 2.24) is 0 Å². The minimum atomic E-state index is -1.89. The molecule has 0 aromatic heterocycles. The van der Waals surface area contributed by atoms with E-state index in [2.05, 4.69) is 6.92 Å². The molecule has 1 aliphatic rings. The molecule has 9 atom stereocenters. The first-order valence-electron chi connectivity index (χ1n) is 14.9. The van der Waals surface area contributed by atoms with E-state index in [1.807, 2.05) is 0 Å². The predicted molar refractivity (Wildman–Crippen MR) is 145 cm³/mol. The summed E-state index contributed by atoms with van der Waals surface area (Å²) in [5.74, 6) is -0.671. The van der Waals surface area contributed by atoms with E-state index in [-0.39, 0.29) is 6.42 Å². The highest BCUT2D eigenvalue weighted by atomic mass is 16.7. The van der Waals surface area contributed by atoms with Gasteiger partial charge in [-0.05, 0) is 6.42 Å². The SMILES string of the molecule is CCCCCCCCCCCCCCCC(=O)O[C@H](CO)[C@@H](O[C@H]1O[C@H](CO)[C@@H](O)[C@H](O)[C@H]1O)[C@H](O)[C@@H](O)CO. The number of aliphatic hydroxyl groups is 8. The lowest BCUT2D eigenvalue weighted by Crippen LogP contribution is -2.61. The molecule has 1 rings (SSSR count). The molecule has 1 heterocycles. The maximum Gasteiger partial charge on any atom is 0.306 e. The first-order valence-corrected chi connectivity index (χ1v) is 14.9. The van der Waals surface area contributed by atoms with Crippen molar-refractivity contribution in [3.05, 3.63) is 0 Å². The zero-order valence-corrected chi connectivity index (χ0v) is 23.9. The van der Waals surface area contributed by atoms with Crippen molar-refractivity contribution in [2.24, 2.45) is 0 Å². The third-order valence-corrected chi connectivity index (χ3v) is 7.37. The molecule has 12 heteroatoms. The minimum Gasteiger partial charge on any atom is -0.457 e. The van der Waals surface area contributed by atoms with Gasteiger partial charge in [-0.3, -0.25) is 4.79 Å². The van der Waals surface area contributed by atoms with E-state index in [1.54, 1.807) is 0 Å². The summed E-state index contributed by atoms with van der Waals surface area (Å²) in [7, 11) is 0. The summed E-state index contributed by atoms with van der Waals surface area (Å²) in [5.41, 5.74) is 0. The van der Waals surface area contributed by atoms with Crippen LogP contribution in [0.1, 0.15) is 96.8 Å². The van der Waals surface area contributed by atoms with Gasteiger partial charge in [0.15, 0.2) is 12.4 Å². The molecule has 0 aromatic rings. The van der Waals surface area contributed by atoms with Crippen LogP contribution < -0.4 is 0 Å². The van der Waals surface area contributed by atoms with Gasteiger partial charge in [0.25, 0.3) is 0 Å². The number of carbonyl (C=O) groups excluding carboxylic acids is 1. The van der Waals surface area contributed by atoms with Crippen molar-refractivity contribution >= 4 is 5.97 Å². The molecule has 12 nitrogen and oxygen atoms in total. The summed E-state index contributed by atoms with van der Waals surface area (Å²) in [6.07, 6.45) is -0.190. The Bertz CT molecular complexity index is 636. The number of unbranched alkanes of at least 4 members (excludes halogenated alkanes) is 12. The fourth-order valence-electron chi connectivity index (χ4n) is 4.77. The average Bonchev–Trinajstić information content (AvgIpc) is 2.96. The fraction of sp³-hybridized carbons (Fsp3) is 0.964. The summed E-state index contributed by atoms with van der Waals surface area (Å²) in [5, 5.41) is 79.2. The van der Waals surface area contributed by atoms with Crippen molar-refractivity contribution in [1.29, 1.82) is 0 Å². The second kappa shape index (κ2) is 21.7. The van der Waals surface area contributed by atoms with Gasteiger partial charge in [-0.15, -0.1) is 0 Å². The first-order chi connectivity index (χ1) is 19.2. The van der Waals surface area contributed by atoms with Gasteiger partial charge in [0, 0.05) is 6.42 Å². The molecule has 0 saturated carbocycles. The predicted octanol–water partition coefficient (Wildman–Crippen LogP) is 0.271. The monoisotopic (exact) mass is 582 g/mol. The second-order valence-corrected chi connectivity index (χ2v) is 10.7. The topological polar surface area (TPSA) is 207 Å². The molecule has 0 spiro atoms. The molecule has 0 aromatic carbocycles. The van der Waals surface area contributed by atoms with E-state index in [1.165, 1.54) is 51.4 Å². The summed E-state index contributed by atoms with van der Waals surface area (Å²) >= 11 is 0. The van der Waals surface area contributed by atoms with Gasteiger partial charge in [-0.25, -0.2) is 0 Å². The van der Waals surface area contributed by atoms with E-state index in [9.17, 15) is 45.6 Å². The van der Waals surface area contributed by atoms with Gasteiger partial charge >= 0.3 is 5.97 Å². The molecule has 238 valence electrons. The number of rotatable bonds is 23. The van der Waals surface area contributed by atoms with E-state index in [0.717, 1.165) is 25.7 Å². The van der Waals surface area contributed by atoms with Crippen molar-refractivity contribution in [2.75, 3.05) is 19.8 Å². The quantitative estimate of drug-likeness (QED) is 0.0604. The number of esters is 1. The molecule has 0 bridgehead atoms. The van der Waals surface area contributed by atoms with Crippen LogP contribution in [0, 0.1) is 0 Å². The van der Waals surface area contributed by atoms with Crippen LogP contribution in [0.25, 0.3) is 0 Å². The Hall–Kier alpha value is -0.930. The molecule has 0 aliphatic carbocycles. The van der Waals surface area contributed by atoms with Crippen LogP contribution in [0.2, 0.25) is 0 Å². The summed E-state index contributed by atoms with van der Waals surface area (Å²) in [6, 6.07) is 0. The number of hydrogen-bond acceptors (Lipinski definition) is 12. The van der Waals surface area contributed by atoms with Crippen LogP contribution in [-0.4, -0.2) is 122 Å². The maximum atomic E-state index is 12.5. The molecule has 8 N–H and O–H groups in total. The van der Waals surface area contributed by atoms with Gasteiger partial charge in [0.2, 0.25) is 0 Å². The summed E-state index contributed by atoms with van der Waals surface area (Å²) in [4.78, 5) is 12.5. The third kappa shape index (κ3) is 13.4. The number of carbonyl (C=O) groups is 1. The lowest BCUT2D eigenvalue weighted by Gasteiger charge is -2.42. The number of aliphatic hydroxyl groups excluding tert-OH is 8. The molecule has 1 saturated heterocycles. The van der Waals surface area contributed by atoms with E-state index in [0.29, 0.717) is 6.42 Å². The summed E-state index contributed by atoms with van der Waals surface area (Å²) in [6.45, 7) is -0.230. The van der Waals surface area contributed by atoms with Crippen LogP contribution in [0.4, 0.5) is 0 Å². The van der Waals surface area contributed by atoms with Crippen LogP contribution in [-0.2, 0) is 19.0 Å². The minimum absolute atomic E-state index is 0.0552. The van der Waals surface area contributed by atoms with Gasteiger partial charge in [-0.1, -0.05) is 84.0 Å². The highest BCUT2D eigenvalue weighted by Gasteiger charge is 2.47. The fourth-order valence-corrected chi connectivity index (χ4v) is 4.77. The molecular formula is C28H54O12. The molecular weight excluding hydrogens is 528 g/mol. The molecule has 0 radical (unpaired) electrons. The smallest absolute Gasteiger partial charge is 0.306 e. The van der Waals surface area contributed by atoms with E-state index < -0.39 is 80.9 Å². The number of hydrogen-bond donors (Lipinski definition) is 8. The van der Waals surface area contributed by atoms with Gasteiger partial charge < -0.3 is 55.1 Å². The highest BCUT2D eigenvalue weighted by molar-refractivity contribution is 5.69. The molecule has 0 unspecified atom stereocenters. The van der Waals surface area contributed by atoms with Crippen LogP contribution >= 0.6 is 0 Å². The van der Waals surface area contributed by atoms with E-state index in [4.69, 9.17) is 14.2 Å². The van der Waals surface area contributed by atoms with Crippen molar-refractivity contribution < 1.29 is 59.9 Å². The molecule has 1 aliphatic heterocycles. The van der Waals surface area contributed by atoms with Gasteiger partial charge in [0.05, 0.1) is 19.8 Å².